The fourth-order valence-corrected chi connectivity index (χ4v) is 0. The lowest BCUT2D eigenvalue weighted by Crippen LogP contribution is -1.23. The van der Waals surface area contributed by atoms with Gasteiger partial charge >= 0.3 is 0 Å². The highest BCUT2D eigenvalue weighted by Gasteiger charge is 1.34. The molecule has 0 unspecified atom stereocenters. The zero-order chi connectivity index (χ0) is 3.41. The summed E-state index contributed by atoms with van der Waals surface area (Å²) in [6.07, 6.45) is 1.18. The van der Waals surface area contributed by atoms with E-state index in [1.54, 1.807) is 6.07 Å². The zero-order valence-corrected chi connectivity index (χ0v) is 3.73. The molecule has 0 aromatic carbocycles. The highest BCUT2D eigenvalue weighted by molar-refractivity contribution is 7.59. The van der Waals surface area contributed by atoms with Crippen LogP contribution in [0.25, 0.3) is 0 Å². The predicted molar refractivity (Wildman–Crippen MR) is 32.9 cm³/mol. The maximum Gasteiger partial charge on any atom is 0.0905 e. The molecule has 0 N–H and O–H groups in total. The summed E-state index contributed by atoms with van der Waals surface area (Å²) in [4.78, 5) is 0. The molecule has 2 heteroatoms. The van der Waals surface area contributed by atoms with Crippen molar-refractivity contribution in [2.75, 3.05) is 0 Å². The molecule has 0 rings (SSSR count). The number of nitrogens with zero attached hydrogens (tertiary/aromatic N) is 1. The number of allylic oxidation sites excluding steroid dienone is 1. The Morgan fingerprint density at radius 3 is 1.83 bits per heavy atom. The van der Waals surface area contributed by atoms with Crippen LogP contribution in [0.4, 0.5) is 0 Å². The van der Waals surface area contributed by atoms with Gasteiger partial charge in [0.1, 0.15) is 0 Å². The van der Waals surface area contributed by atoms with E-state index in [1.165, 1.54) is 6.08 Å². The molecule has 0 heterocycles. The minimum Gasteiger partial charge on any atom is -0.197 e. The maximum absolute atomic E-state index is 7.51. The van der Waals surface area contributed by atoms with Crippen molar-refractivity contribution in [3.8, 4) is 6.07 Å². The molecule has 0 fully saturated rings. The van der Waals surface area contributed by atoms with E-state index in [4.69, 9.17) is 5.26 Å². The third-order valence-corrected chi connectivity index (χ3v) is 0.0913. The lowest BCUT2D eigenvalue weighted by Gasteiger charge is -1.31. The molecule has 0 spiro atoms. The van der Waals surface area contributed by atoms with Crippen LogP contribution >= 0.6 is 13.5 Å². The second-order valence-corrected chi connectivity index (χ2v) is 0.333. The SMILES string of the molecule is C.C=CC#N.S. The van der Waals surface area contributed by atoms with Crippen molar-refractivity contribution in [3.05, 3.63) is 12.7 Å². The third-order valence-electron chi connectivity index (χ3n) is 0.0913. The van der Waals surface area contributed by atoms with Gasteiger partial charge in [-0.3, -0.25) is 0 Å². The van der Waals surface area contributed by atoms with E-state index in [0.717, 1.165) is 0 Å². The second kappa shape index (κ2) is 23.5. The summed E-state index contributed by atoms with van der Waals surface area (Å²) in [7, 11) is 0. The summed E-state index contributed by atoms with van der Waals surface area (Å²) in [6, 6.07) is 1.69. The van der Waals surface area contributed by atoms with E-state index in [0.29, 0.717) is 0 Å². The molecule has 0 saturated heterocycles. The second-order valence-electron chi connectivity index (χ2n) is 0.333. The Bertz CT molecular complexity index is 53.1. The standard InChI is InChI=1S/C3H3N.CH4.H2S/c1-2-3-4;;/h2H,1H2;1H4;1H2. The van der Waals surface area contributed by atoms with E-state index >= 15 is 0 Å². The summed E-state index contributed by atoms with van der Waals surface area (Å²) in [5.41, 5.74) is 0. The Morgan fingerprint density at radius 1 is 1.67 bits per heavy atom. The monoisotopic (exact) mass is 103 g/mol. The first-order valence-corrected chi connectivity index (χ1v) is 0.921. The summed E-state index contributed by atoms with van der Waals surface area (Å²) in [5, 5.41) is 7.51. The summed E-state index contributed by atoms with van der Waals surface area (Å²) < 4.78 is 0. The van der Waals surface area contributed by atoms with E-state index in [9.17, 15) is 0 Å². The first kappa shape index (κ1) is 17.6. The van der Waals surface area contributed by atoms with Crippen LogP contribution in [0.15, 0.2) is 12.7 Å². The molecular formula is C4H9NS. The van der Waals surface area contributed by atoms with E-state index in [1.807, 2.05) is 0 Å². The molecule has 0 aromatic rings. The lowest BCUT2D eigenvalue weighted by molar-refractivity contribution is 1.54. The number of hydrogen-bond donors (Lipinski definition) is 0. The van der Waals surface area contributed by atoms with Gasteiger partial charge in [-0.1, -0.05) is 14.0 Å². The van der Waals surface area contributed by atoms with Crippen molar-refractivity contribution in [2.45, 2.75) is 7.43 Å². The van der Waals surface area contributed by atoms with Crippen LogP contribution in [0.1, 0.15) is 7.43 Å². The van der Waals surface area contributed by atoms with Crippen LogP contribution in [0.2, 0.25) is 0 Å². The molecular weight excluding hydrogens is 94.1 g/mol. The van der Waals surface area contributed by atoms with Crippen LogP contribution in [0.3, 0.4) is 0 Å². The largest absolute Gasteiger partial charge is 0.197 e. The average Bonchev–Trinajstić information content (AvgIpc) is 1.37. The minimum absolute atomic E-state index is 0. The average molecular weight is 103 g/mol. The quantitative estimate of drug-likeness (QED) is 0.426. The molecule has 0 amide bonds. The Balaban J connectivity index is -0.0000000450. The summed E-state index contributed by atoms with van der Waals surface area (Å²) in [6.45, 7) is 3.12. The smallest absolute Gasteiger partial charge is 0.0905 e. The van der Waals surface area contributed by atoms with Crippen molar-refractivity contribution < 1.29 is 0 Å². The summed E-state index contributed by atoms with van der Waals surface area (Å²) >= 11 is 0. The van der Waals surface area contributed by atoms with Gasteiger partial charge in [-0.25, -0.2) is 0 Å². The summed E-state index contributed by atoms with van der Waals surface area (Å²) in [5.74, 6) is 0. The molecule has 0 aliphatic heterocycles. The first-order valence-electron chi connectivity index (χ1n) is 0.921. The molecule has 36 valence electrons. The van der Waals surface area contributed by atoms with Gasteiger partial charge in [-0.2, -0.15) is 18.8 Å². The Morgan fingerprint density at radius 2 is 1.83 bits per heavy atom. The van der Waals surface area contributed by atoms with Crippen LogP contribution < -0.4 is 0 Å². The molecule has 0 radical (unpaired) electrons. The molecule has 0 aromatic heterocycles. The van der Waals surface area contributed by atoms with E-state index in [2.05, 4.69) is 6.58 Å². The van der Waals surface area contributed by atoms with Crippen LogP contribution in [-0.2, 0) is 0 Å². The lowest BCUT2D eigenvalue weighted by atomic mass is 10.8. The van der Waals surface area contributed by atoms with Gasteiger partial charge in [0.2, 0.25) is 0 Å². The normalized spacial score (nSPS) is 2.50. The third kappa shape index (κ3) is 70.8. The van der Waals surface area contributed by atoms with Crippen LogP contribution in [-0.4, -0.2) is 0 Å². The van der Waals surface area contributed by atoms with E-state index < -0.39 is 0 Å². The van der Waals surface area contributed by atoms with Crippen LogP contribution in [0.5, 0.6) is 0 Å². The van der Waals surface area contributed by atoms with E-state index in [-0.39, 0.29) is 20.9 Å². The Kier molecular flexibility index (Phi) is 68.9. The van der Waals surface area contributed by atoms with Gasteiger partial charge in [0.15, 0.2) is 0 Å². The molecule has 0 aliphatic rings. The highest BCUT2D eigenvalue weighted by Crippen LogP contribution is 1.41. The number of hydrogen-bond acceptors (Lipinski definition) is 1. The van der Waals surface area contributed by atoms with Gasteiger partial charge < -0.3 is 0 Å². The number of nitriles is 1. The van der Waals surface area contributed by atoms with Gasteiger partial charge in [0.25, 0.3) is 0 Å². The van der Waals surface area contributed by atoms with Gasteiger partial charge in [0, 0.05) is 6.08 Å². The van der Waals surface area contributed by atoms with Crippen molar-refractivity contribution in [1.29, 1.82) is 5.26 Å². The number of rotatable bonds is 0. The fourth-order valence-electron chi connectivity index (χ4n) is 0. The molecule has 0 saturated carbocycles. The topological polar surface area (TPSA) is 23.8 Å². The zero-order valence-electron chi connectivity index (χ0n) is 2.73. The minimum atomic E-state index is 0. The first-order chi connectivity index (χ1) is 1.91. The fraction of sp³-hybridized carbons (Fsp3) is 0.250. The predicted octanol–water partition coefficient (Wildman–Crippen LogP) is 1.44. The van der Waals surface area contributed by atoms with Crippen molar-refractivity contribution >= 4 is 13.5 Å². The van der Waals surface area contributed by atoms with Crippen molar-refractivity contribution in [1.82, 2.24) is 0 Å². The van der Waals surface area contributed by atoms with Gasteiger partial charge in [0.05, 0.1) is 6.07 Å². The highest BCUT2D eigenvalue weighted by atomic mass is 32.1. The Hall–Kier alpha value is -0.420. The van der Waals surface area contributed by atoms with Crippen molar-refractivity contribution in [3.63, 3.8) is 0 Å². The van der Waals surface area contributed by atoms with Crippen LogP contribution in [0, 0.1) is 11.3 Å². The molecule has 0 atom stereocenters. The maximum atomic E-state index is 7.51. The van der Waals surface area contributed by atoms with Gasteiger partial charge in [-0.05, 0) is 0 Å². The van der Waals surface area contributed by atoms with Crippen molar-refractivity contribution in [2.24, 2.45) is 0 Å². The molecule has 0 bridgehead atoms. The molecule has 0 aliphatic carbocycles. The molecule has 1 nitrogen and oxygen atoms in total. The molecule has 6 heavy (non-hydrogen) atoms. The van der Waals surface area contributed by atoms with Gasteiger partial charge in [-0.15, -0.1) is 0 Å². The Labute approximate surface area is 45.7 Å².